The Morgan fingerprint density at radius 3 is 2.71 bits per heavy atom. The number of aromatic nitrogens is 2. The minimum atomic E-state index is -0.384. The number of hydrogen-bond donors (Lipinski definition) is 1. The molecule has 1 N–H and O–H groups in total. The van der Waals surface area contributed by atoms with Gasteiger partial charge in [-0.2, -0.15) is 5.10 Å². The molecule has 0 aliphatic carbocycles. The lowest BCUT2D eigenvalue weighted by atomic mass is 10.1. The molecule has 1 aromatic heterocycles. The first-order valence-corrected chi connectivity index (χ1v) is 9.64. The maximum atomic E-state index is 13.8. The highest BCUT2D eigenvalue weighted by Crippen LogP contribution is 2.29. The molecule has 7 heteroatoms. The zero-order valence-corrected chi connectivity index (χ0v) is 16.0. The van der Waals surface area contributed by atoms with Crippen molar-refractivity contribution in [1.29, 1.82) is 0 Å². The van der Waals surface area contributed by atoms with Crippen LogP contribution in [0.25, 0.3) is 5.69 Å². The largest absolute Gasteiger partial charge is 0.370 e. The van der Waals surface area contributed by atoms with Gasteiger partial charge in [-0.1, -0.05) is 17.7 Å². The number of hydrogen-bond acceptors (Lipinski definition) is 3. The van der Waals surface area contributed by atoms with Gasteiger partial charge in [0.15, 0.2) is 0 Å². The molecular formula is C21H20ClFN4O. The van der Waals surface area contributed by atoms with Crippen LogP contribution in [0.1, 0.15) is 29.6 Å². The standard InChI is InChI=1S/C21H20ClFN4O/c22-16-5-4-6-18(11-16)27-14-15(13-24-27)21(28)25-19-12-17(23)7-8-20(19)26-9-2-1-3-10-26/h4-8,11-14H,1-3,9-10H2,(H,25,28). The second-order valence-corrected chi connectivity index (χ2v) is 7.25. The number of amides is 1. The Hall–Kier alpha value is -2.86. The molecule has 144 valence electrons. The highest BCUT2D eigenvalue weighted by molar-refractivity contribution is 6.30. The third-order valence-electron chi connectivity index (χ3n) is 4.82. The molecule has 0 saturated carbocycles. The first-order valence-electron chi connectivity index (χ1n) is 9.26. The first-order chi connectivity index (χ1) is 13.6. The summed E-state index contributed by atoms with van der Waals surface area (Å²) in [4.78, 5) is 14.9. The summed E-state index contributed by atoms with van der Waals surface area (Å²) in [7, 11) is 0. The molecule has 0 bridgehead atoms. The highest BCUT2D eigenvalue weighted by atomic mass is 35.5. The third kappa shape index (κ3) is 4.02. The molecule has 1 saturated heterocycles. The molecule has 1 amide bonds. The fourth-order valence-electron chi connectivity index (χ4n) is 3.41. The van der Waals surface area contributed by atoms with E-state index >= 15 is 0 Å². The number of halogens is 2. The number of nitrogens with zero attached hydrogens (tertiary/aromatic N) is 3. The van der Waals surface area contributed by atoms with Crippen molar-refractivity contribution in [3.8, 4) is 5.69 Å². The molecule has 5 nitrogen and oxygen atoms in total. The molecular weight excluding hydrogens is 379 g/mol. The van der Waals surface area contributed by atoms with Gasteiger partial charge in [0.05, 0.1) is 28.8 Å². The zero-order valence-electron chi connectivity index (χ0n) is 15.2. The zero-order chi connectivity index (χ0) is 19.5. The van der Waals surface area contributed by atoms with E-state index in [9.17, 15) is 9.18 Å². The number of rotatable bonds is 4. The van der Waals surface area contributed by atoms with E-state index in [-0.39, 0.29) is 11.7 Å². The van der Waals surface area contributed by atoms with Gasteiger partial charge < -0.3 is 10.2 Å². The summed E-state index contributed by atoms with van der Waals surface area (Å²) in [6, 6.07) is 11.7. The molecule has 2 heterocycles. The summed E-state index contributed by atoms with van der Waals surface area (Å²) in [6.45, 7) is 1.81. The molecule has 0 radical (unpaired) electrons. The number of carbonyl (C=O) groups excluding carboxylic acids is 1. The molecule has 0 unspecified atom stereocenters. The number of anilines is 2. The summed E-state index contributed by atoms with van der Waals surface area (Å²) in [5.74, 6) is -0.720. The van der Waals surface area contributed by atoms with Crippen LogP contribution in [0.2, 0.25) is 5.02 Å². The lowest BCUT2D eigenvalue weighted by Gasteiger charge is -2.30. The average molecular weight is 399 g/mol. The summed E-state index contributed by atoms with van der Waals surface area (Å²) >= 11 is 6.02. The maximum Gasteiger partial charge on any atom is 0.258 e. The molecule has 0 spiro atoms. The van der Waals surface area contributed by atoms with Crippen LogP contribution in [0.3, 0.4) is 0 Å². The lowest BCUT2D eigenvalue weighted by Crippen LogP contribution is -2.30. The van der Waals surface area contributed by atoms with Crippen molar-refractivity contribution >= 4 is 28.9 Å². The molecule has 0 atom stereocenters. The van der Waals surface area contributed by atoms with Crippen LogP contribution in [0, 0.1) is 5.82 Å². The van der Waals surface area contributed by atoms with Gasteiger partial charge in [0.1, 0.15) is 5.82 Å². The van der Waals surface area contributed by atoms with Crippen LogP contribution < -0.4 is 10.2 Å². The second-order valence-electron chi connectivity index (χ2n) is 6.82. The third-order valence-corrected chi connectivity index (χ3v) is 5.06. The SMILES string of the molecule is O=C(Nc1cc(F)ccc1N1CCCCC1)c1cnn(-c2cccc(Cl)c2)c1. The van der Waals surface area contributed by atoms with Gasteiger partial charge >= 0.3 is 0 Å². The number of nitrogens with one attached hydrogen (secondary N) is 1. The maximum absolute atomic E-state index is 13.8. The van der Waals surface area contributed by atoms with Crippen molar-refractivity contribution in [1.82, 2.24) is 9.78 Å². The summed E-state index contributed by atoms with van der Waals surface area (Å²) in [5, 5.41) is 7.66. The van der Waals surface area contributed by atoms with Crippen molar-refractivity contribution in [2.24, 2.45) is 0 Å². The second kappa shape index (κ2) is 8.02. The molecule has 1 aliphatic heterocycles. The first kappa shape index (κ1) is 18.5. The van der Waals surface area contributed by atoms with E-state index < -0.39 is 0 Å². The predicted octanol–water partition coefficient (Wildman–Crippen LogP) is 4.91. The van der Waals surface area contributed by atoms with E-state index in [0.717, 1.165) is 37.3 Å². The Kier molecular flexibility index (Phi) is 5.30. The quantitative estimate of drug-likeness (QED) is 0.679. The molecule has 2 aromatic carbocycles. The Morgan fingerprint density at radius 1 is 1.11 bits per heavy atom. The van der Waals surface area contributed by atoms with Gasteiger partial charge in [-0.25, -0.2) is 9.07 Å². The van der Waals surface area contributed by atoms with Gasteiger partial charge in [0.2, 0.25) is 0 Å². The van der Waals surface area contributed by atoms with E-state index in [2.05, 4.69) is 15.3 Å². The number of benzene rings is 2. The van der Waals surface area contributed by atoms with Crippen LogP contribution >= 0.6 is 11.6 Å². The normalized spacial score (nSPS) is 14.1. The number of piperidine rings is 1. The van der Waals surface area contributed by atoms with Crippen LogP contribution in [0.5, 0.6) is 0 Å². The highest BCUT2D eigenvalue weighted by Gasteiger charge is 2.18. The van der Waals surface area contributed by atoms with Gasteiger partial charge in [-0.05, 0) is 55.7 Å². The molecule has 1 aliphatic rings. The topological polar surface area (TPSA) is 50.2 Å². The number of carbonyl (C=O) groups is 1. The van der Waals surface area contributed by atoms with Gasteiger partial charge in [-0.3, -0.25) is 4.79 Å². The summed E-state index contributed by atoms with van der Waals surface area (Å²) in [6.07, 6.45) is 6.49. The Labute approximate surface area is 167 Å². The summed E-state index contributed by atoms with van der Waals surface area (Å²) < 4.78 is 15.4. The van der Waals surface area contributed by atoms with E-state index in [1.165, 1.54) is 24.8 Å². The van der Waals surface area contributed by atoms with E-state index in [1.54, 1.807) is 29.1 Å². The molecule has 4 rings (SSSR count). The minimum Gasteiger partial charge on any atom is -0.370 e. The van der Waals surface area contributed by atoms with Crippen LogP contribution in [0.4, 0.5) is 15.8 Å². The van der Waals surface area contributed by atoms with Crippen molar-refractivity contribution in [3.63, 3.8) is 0 Å². The Bertz CT molecular complexity index is 998. The fraction of sp³-hybridized carbons (Fsp3) is 0.238. The predicted molar refractivity (Wildman–Crippen MR) is 109 cm³/mol. The average Bonchev–Trinajstić information content (AvgIpc) is 3.19. The van der Waals surface area contributed by atoms with Crippen molar-refractivity contribution in [2.45, 2.75) is 19.3 Å². The van der Waals surface area contributed by atoms with E-state index in [0.29, 0.717) is 16.3 Å². The molecule has 28 heavy (non-hydrogen) atoms. The van der Waals surface area contributed by atoms with Gasteiger partial charge in [0, 0.05) is 24.3 Å². The minimum absolute atomic E-state index is 0.336. The molecule has 1 fully saturated rings. The van der Waals surface area contributed by atoms with E-state index in [4.69, 9.17) is 11.6 Å². The van der Waals surface area contributed by atoms with E-state index in [1.807, 2.05) is 12.1 Å². The van der Waals surface area contributed by atoms with Crippen LogP contribution in [0.15, 0.2) is 54.9 Å². The Morgan fingerprint density at radius 2 is 1.93 bits per heavy atom. The van der Waals surface area contributed by atoms with Crippen molar-refractivity contribution < 1.29 is 9.18 Å². The van der Waals surface area contributed by atoms with Crippen LogP contribution in [-0.4, -0.2) is 28.8 Å². The van der Waals surface area contributed by atoms with Crippen LogP contribution in [-0.2, 0) is 0 Å². The Balaban J connectivity index is 1.56. The monoisotopic (exact) mass is 398 g/mol. The van der Waals surface area contributed by atoms with Crippen molar-refractivity contribution in [3.05, 3.63) is 71.3 Å². The lowest BCUT2D eigenvalue weighted by molar-refractivity contribution is 0.102. The van der Waals surface area contributed by atoms with Crippen molar-refractivity contribution in [2.75, 3.05) is 23.3 Å². The summed E-state index contributed by atoms with van der Waals surface area (Å²) in [5.41, 5.74) is 2.46. The molecule has 3 aromatic rings. The van der Waals surface area contributed by atoms with Gasteiger partial charge in [-0.15, -0.1) is 0 Å². The fourth-order valence-corrected chi connectivity index (χ4v) is 3.60. The van der Waals surface area contributed by atoms with Gasteiger partial charge in [0.25, 0.3) is 5.91 Å². The smallest absolute Gasteiger partial charge is 0.258 e.